The van der Waals surface area contributed by atoms with E-state index in [4.69, 9.17) is 11.6 Å². The van der Waals surface area contributed by atoms with Crippen molar-refractivity contribution in [1.29, 1.82) is 0 Å². The van der Waals surface area contributed by atoms with Crippen molar-refractivity contribution in [3.63, 3.8) is 0 Å². The first-order valence-electron chi connectivity index (χ1n) is 8.01. The van der Waals surface area contributed by atoms with Gasteiger partial charge in [-0.3, -0.25) is 4.79 Å². The van der Waals surface area contributed by atoms with Gasteiger partial charge in [0, 0.05) is 30.7 Å². The van der Waals surface area contributed by atoms with Crippen molar-refractivity contribution in [1.82, 2.24) is 8.61 Å². The first-order chi connectivity index (χ1) is 12.8. The van der Waals surface area contributed by atoms with E-state index in [9.17, 15) is 22.0 Å². The normalized spacial score (nSPS) is 17.1. The first kappa shape index (κ1) is 19.7. The molecule has 2 aromatic carbocycles. The Morgan fingerprint density at radius 2 is 1.81 bits per heavy atom. The molecule has 2 aromatic rings. The molecule has 27 heavy (non-hydrogen) atoms. The average Bonchev–Trinajstić information content (AvgIpc) is 2.87. The molecule has 0 bridgehead atoms. The van der Waals surface area contributed by atoms with Crippen LogP contribution in [-0.2, 0) is 21.5 Å². The molecule has 0 radical (unpaired) electrons. The highest BCUT2D eigenvalue weighted by Crippen LogP contribution is 2.23. The van der Waals surface area contributed by atoms with Crippen molar-refractivity contribution in [3.8, 4) is 0 Å². The van der Waals surface area contributed by atoms with E-state index in [1.807, 2.05) is 0 Å². The zero-order valence-corrected chi connectivity index (χ0v) is 15.6. The number of carbonyl (C=O) groups is 1. The molecular weight excluding hydrogens is 400 g/mol. The molecular formula is C17H16ClF2N3O3S. The van der Waals surface area contributed by atoms with Crippen molar-refractivity contribution in [2.45, 2.75) is 6.54 Å². The summed E-state index contributed by atoms with van der Waals surface area (Å²) in [5.41, 5.74) is 0.438. The molecule has 0 aromatic heterocycles. The molecule has 144 valence electrons. The number of nitrogens with one attached hydrogen (secondary N) is 1. The van der Waals surface area contributed by atoms with Gasteiger partial charge < -0.3 is 5.32 Å². The molecule has 1 fully saturated rings. The number of nitrogens with zero attached hydrogens (tertiary/aromatic N) is 2. The van der Waals surface area contributed by atoms with Gasteiger partial charge in [-0.05, 0) is 23.8 Å². The van der Waals surface area contributed by atoms with Crippen molar-refractivity contribution in [3.05, 3.63) is 64.7 Å². The van der Waals surface area contributed by atoms with E-state index in [2.05, 4.69) is 5.32 Å². The molecule has 1 aliphatic heterocycles. The van der Waals surface area contributed by atoms with Gasteiger partial charge in [0.2, 0.25) is 5.91 Å². The second kappa shape index (κ2) is 7.89. The van der Waals surface area contributed by atoms with Crippen LogP contribution in [-0.4, -0.2) is 42.6 Å². The smallest absolute Gasteiger partial charge is 0.282 e. The van der Waals surface area contributed by atoms with Gasteiger partial charge in [0.25, 0.3) is 10.2 Å². The lowest BCUT2D eigenvalue weighted by molar-refractivity contribution is -0.116. The maximum Gasteiger partial charge on any atom is 0.282 e. The lowest BCUT2D eigenvalue weighted by Crippen LogP contribution is -2.38. The third-order valence-corrected chi connectivity index (χ3v) is 6.38. The fourth-order valence-electron chi connectivity index (χ4n) is 2.70. The van der Waals surface area contributed by atoms with Gasteiger partial charge in [0.1, 0.15) is 11.6 Å². The van der Waals surface area contributed by atoms with E-state index in [0.29, 0.717) is 16.7 Å². The Labute approximate surface area is 160 Å². The summed E-state index contributed by atoms with van der Waals surface area (Å²) < 4.78 is 54.0. The number of anilines is 1. The van der Waals surface area contributed by atoms with Crippen LogP contribution >= 0.6 is 11.6 Å². The summed E-state index contributed by atoms with van der Waals surface area (Å²) >= 11 is 6.07. The summed E-state index contributed by atoms with van der Waals surface area (Å²) in [4.78, 5) is 12.1. The first-order valence-corrected chi connectivity index (χ1v) is 9.78. The van der Waals surface area contributed by atoms with Crippen LogP contribution in [0, 0.1) is 11.6 Å². The van der Waals surface area contributed by atoms with Crippen LogP contribution in [0.15, 0.2) is 42.5 Å². The van der Waals surface area contributed by atoms with Crippen LogP contribution in [0.25, 0.3) is 0 Å². The Hall–Kier alpha value is -2.07. The van der Waals surface area contributed by atoms with Crippen LogP contribution in [0.4, 0.5) is 14.5 Å². The molecule has 3 rings (SSSR count). The van der Waals surface area contributed by atoms with Crippen molar-refractivity contribution < 1.29 is 22.0 Å². The van der Waals surface area contributed by atoms with Gasteiger partial charge in [0.05, 0.1) is 12.2 Å². The van der Waals surface area contributed by atoms with Gasteiger partial charge in [-0.2, -0.15) is 17.0 Å². The minimum absolute atomic E-state index is 0.0900. The zero-order chi connectivity index (χ0) is 19.6. The van der Waals surface area contributed by atoms with Crippen LogP contribution in [0.1, 0.15) is 5.56 Å². The summed E-state index contributed by atoms with van der Waals surface area (Å²) in [6.45, 7) is -0.0667. The Morgan fingerprint density at radius 1 is 1.11 bits per heavy atom. The van der Waals surface area contributed by atoms with Gasteiger partial charge in [0.15, 0.2) is 0 Å². The second-order valence-corrected chi connectivity index (χ2v) is 8.27. The monoisotopic (exact) mass is 415 g/mol. The quantitative estimate of drug-likeness (QED) is 0.816. The molecule has 0 saturated carbocycles. The molecule has 1 saturated heterocycles. The van der Waals surface area contributed by atoms with E-state index in [0.717, 1.165) is 16.4 Å². The van der Waals surface area contributed by atoms with E-state index in [1.165, 1.54) is 4.31 Å². The molecule has 10 heteroatoms. The predicted molar refractivity (Wildman–Crippen MR) is 97.3 cm³/mol. The highest BCUT2D eigenvalue weighted by atomic mass is 35.5. The number of amides is 1. The maximum atomic E-state index is 13.6. The average molecular weight is 416 g/mol. The summed E-state index contributed by atoms with van der Waals surface area (Å²) in [6, 6.07) is 9.60. The molecule has 1 N–H and O–H groups in total. The van der Waals surface area contributed by atoms with E-state index >= 15 is 0 Å². The molecule has 6 nitrogen and oxygen atoms in total. The maximum absolute atomic E-state index is 13.6. The Kier molecular flexibility index (Phi) is 5.75. The van der Waals surface area contributed by atoms with Crippen LogP contribution in [0.5, 0.6) is 0 Å². The largest absolute Gasteiger partial charge is 0.322 e. The lowest BCUT2D eigenvalue weighted by Gasteiger charge is -2.19. The number of carbonyl (C=O) groups excluding carboxylic acids is 1. The number of rotatable bonds is 5. The van der Waals surface area contributed by atoms with Crippen LogP contribution in [0.3, 0.4) is 0 Å². The van der Waals surface area contributed by atoms with E-state index in [1.54, 1.807) is 24.3 Å². The van der Waals surface area contributed by atoms with Gasteiger partial charge >= 0.3 is 0 Å². The fraction of sp³-hybridized carbons (Fsp3) is 0.235. The van der Waals surface area contributed by atoms with E-state index < -0.39 is 34.3 Å². The topological polar surface area (TPSA) is 69.7 Å². The van der Waals surface area contributed by atoms with Crippen molar-refractivity contribution in [2.24, 2.45) is 0 Å². The predicted octanol–water partition coefficient (Wildman–Crippen LogP) is 2.62. The minimum Gasteiger partial charge on any atom is -0.322 e. The lowest BCUT2D eigenvalue weighted by atomic mass is 10.2. The van der Waals surface area contributed by atoms with Crippen LogP contribution < -0.4 is 5.32 Å². The second-order valence-electron chi connectivity index (χ2n) is 5.94. The molecule has 0 aliphatic carbocycles. The number of hydrogen-bond acceptors (Lipinski definition) is 3. The SMILES string of the molecule is O=C(CN1CCN(Cc2ccccc2Cl)S1(=O)=O)Nc1ccc(F)cc1F. The van der Waals surface area contributed by atoms with Gasteiger partial charge in [-0.15, -0.1) is 0 Å². The third kappa shape index (κ3) is 4.44. The molecule has 1 aliphatic rings. The standard InChI is InChI=1S/C17H16ClF2N3O3S/c18-14-4-2-1-3-12(14)10-22-7-8-23(27(22,25)26)11-17(24)21-16-6-5-13(19)9-15(16)20/h1-6,9H,7-8,10-11H2,(H,21,24). The van der Waals surface area contributed by atoms with Gasteiger partial charge in [-0.25, -0.2) is 8.78 Å². The zero-order valence-electron chi connectivity index (χ0n) is 14.0. The molecule has 1 amide bonds. The Morgan fingerprint density at radius 3 is 2.52 bits per heavy atom. The van der Waals surface area contributed by atoms with Crippen molar-refractivity contribution >= 4 is 33.4 Å². The summed E-state index contributed by atoms with van der Waals surface area (Å²) in [5, 5.41) is 2.70. The fourth-order valence-corrected chi connectivity index (χ4v) is 4.43. The molecule has 1 heterocycles. The Balaban J connectivity index is 1.66. The minimum atomic E-state index is -3.85. The number of halogens is 3. The summed E-state index contributed by atoms with van der Waals surface area (Å²) in [5.74, 6) is -2.43. The molecule has 0 spiro atoms. The van der Waals surface area contributed by atoms with Crippen LogP contribution in [0.2, 0.25) is 5.02 Å². The highest BCUT2D eigenvalue weighted by molar-refractivity contribution is 7.87. The number of benzene rings is 2. The third-order valence-electron chi connectivity index (χ3n) is 4.08. The molecule has 0 atom stereocenters. The highest BCUT2D eigenvalue weighted by Gasteiger charge is 2.37. The van der Waals surface area contributed by atoms with E-state index in [-0.39, 0.29) is 25.3 Å². The summed E-state index contributed by atoms with van der Waals surface area (Å²) in [7, 11) is -3.85. The molecule has 0 unspecified atom stereocenters. The number of hydrogen-bond donors (Lipinski definition) is 1. The Bertz CT molecular complexity index is 972. The van der Waals surface area contributed by atoms with Gasteiger partial charge in [-0.1, -0.05) is 29.8 Å². The van der Waals surface area contributed by atoms with Crippen molar-refractivity contribution in [2.75, 3.05) is 25.0 Å². The summed E-state index contributed by atoms with van der Waals surface area (Å²) in [6.07, 6.45) is 0.